The van der Waals surface area contributed by atoms with Gasteiger partial charge in [0.2, 0.25) is 0 Å². The van der Waals surface area contributed by atoms with E-state index < -0.39 is 71.9 Å². The highest BCUT2D eigenvalue weighted by Gasteiger charge is 2.92. The van der Waals surface area contributed by atoms with Gasteiger partial charge in [-0.3, -0.25) is 9.59 Å². The summed E-state index contributed by atoms with van der Waals surface area (Å²) in [5, 5.41) is 0. The van der Waals surface area contributed by atoms with Gasteiger partial charge in [-0.25, -0.2) is 0 Å². The van der Waals surface area contributed by atoms with Crippen LogP contribution in [0.15, 0.2) is 0 Å². The van der Waals surface area contributed by atoms with Crippen LogP contribution in [0.2, 0.25) is 0 Å². The SMILES string of the molecule is O=C1OC(=O)C2C1CC2C(F)(F)C(F)(F)C(F)(F)C(F)(F)C(F)(F)C(F)(F)F. The molecule has 0 aromatic heterocycles. The van der Waals surface area contributed by atoms with Crippen molar-refractivity contribution in [3.05, 3.63) is 0 Å². The minimum absolute atomic E-state index is 1.45. The van der Waals surface area contributed by atoms with Crippen molar-refractivity contribution in [2.45, 2.75) is 42.2 Å². The van der Waals surface area contributed by atoms with E-state index in [1.54, 1.807) is 0 Å². The van der Waals surface area contributed by atoms with Gasteiger partial charge in [0.25, 0.3) is 0 Å². The van der Waals surface area contributed by atoms with Crippen LogP contribution in [-0.4, -0.2) is 47.7 Å². The van der Waals surface area contributed by atoms with Gasteiger partial charge in [0, 0.05) is 5.92 Å². The van der Waals surface area contributed by atoms with E-state index in [1.807, 2.05) is 0 Å². The summed E-state index contributed by atoms with van der Waals surface area (Å²) in [5.74, 6) is -48.5. The molecule has 0 aromatic carbocycles. The summed E-state index contributed by atoms with van der Waals surface area (Å²) in [6, 6.07) is 0. The molecule has 1 aliphatic carbocycles. The third-order valence-corrected chi connectivity index (χ3v) is 4.57. The molecule has 162 valence electrons. The summed E-state index contributed by atoms with van der Waals surface area (Å²) in [4.78, 5) is 22.1. The molecule has 0 spiro atoms. The van der Waals surface area contributed by atoms with Gasteiger partial charge in [0.05, 0.1) is 11.8 Å². The van der Waals surface area contributed by atoms with Crippen LogP contribution in [0.3, 0.4) is 0 Å². The number of rotatable bonds is 5. The maximum absolute atomic E-state index is 13.9. The van der Waals surface area contributed by atoms with E-state index in [2.05, 4.69) is 4.74 Å². The van der Waals surface area contributed by atoms with Gasteiger partial charge in [0.1, 0.15) is 0 Å². The van der Waals surface area contributed by atoms with Crippen LogP contribution < -0.4 is 0 Å². The molecule has 0 bridgehead atoms. The molecule has 3 nitrogen and oxygen atoms in total. The number of cyclic esters (lactones) is 2. The standard InChI is InChI=1S/C12H5F13O3/c13-7(14,3-1-2-4(3)6(27)28-5(2)26)8(15,16)9(17,18)10(19,20)11(21,22)12(23,24)25/h2-4H,1H2. The summed E-state index contributed by atoms with van der Waals surface area (Å²) in [7, 11) is 0. The van der Waals surface area contributed by atoms with Crippen molar-refractivity contribution in [2.75, 3.05) is 0 Å². The molecule has 28 heavy (non-hydrogen) atoms. The lowest BCUT2D eigenvalue weighted by Gasteiger charge is -2.46. The molecular weight excluding hydrogens is 439 g/mol. The van der Waals surface area contributed by atoms with Gasteiger partial charge >= 0.3 is 47.7 Å². The van der Waals surface area contributed by atoms with Crippen LogP contribution in [0.25, 0.3) is 0 Å². The average Bonchev–Trinajstić information content (AvgIpc) is 2.63. The molecule has 0 amide bonds. The first-order chi connectivity index (χ1) is 12.2. The van der Waals surface area contributed by atoms with Crippen molar-refractivity contribution in [3.8, 4) is 0 Å². The van der Waals surface area contributed by atoms with Gasteiger partial charge < -0.3 is 4.74 Å². The van der Waals surface area contributed by atoms with Gasteiger partial charge in [-0.1, -0.05) is 0 Å². The fraction of sp³-hybridized carbons (Fsp3) is 0.833. The van der Waals surface area contributed by atoms with Gasteiger partial charge in [-0.05, 0) is 6.42 Å². The molecule has 3 atom stereocenters. The Kier molecular flexibility index (Phi) is 4.54. The van der Waals surface area contributed by atoms with E-state index in [9.17, 15) is 66.7 Å². The molecule has 16 heteroatoms. The van der Waals surface area contributed by atoms with Crippen LogP contribution in [0.1, 0.15) is 6.42 Å². The lowest BCUT2D eigenvalue weighted by molar-refractivity contribution is -0.445. The van der Waals surface area contributed by atoms with Crippen LogP contribution in [0.4, 0.5) is 57.1 Å². The van der Waals surface area contributed by atoms with E-state index >= 15 is 0 Å². The van der Waals surface area contributed by atoms with Crippen molar-refractivity contribution < 1.29 is 71.4 Å². The molecular formula is C12H5F13O3. The number of alkyl halides is 13. The fourth-order valence-electron chi connectivity index (χ4n) is 2.85. The second kappa shape index (κ2) is 5.64. The number of carbonyl (C=O) groups excluding carboxylic acids is 2. The van der Waals surface area contributed by atoms with Gasteiger partial charge in [-0.15, -0.1) is 0 Å². The van der Waals surface area contributed by atoms with Crippen molar-refractivity contribution >= 4 is 11.9 Å². The van der Waals surface area contributed by atoms with Crippen LogP contribution in [-0.2, 0) is 14.3 Å². The molecule has 1 aliphatic heterocycles. The quantitative estimate of drug-likeness (QED) is 0.365. The highest BCUT2D eigenvalue weighted by Crippen LogP contribution is 2.64. The number of esters is 2. The van der Waals surface area contributed by atoms with Gasteiger partial charge in [0.15, 0.2) is 0 Å². The maximum atomic E-state index is 13.9. The highest BCUT2D eigenvalue weighted by atomic mass is 19.4. The first kappa shape index (κ1) is 22.5. The Balaban J connectivity index is 2.46. The minimum Gasteiger partial charge on any atom is -0.393 e. The Bertz CT molecular complexity index is 695. The zero-order valence-electron chi connectivity index (χ0n) is 12.6. The van der Waals surface area contributed by atoms with E-state index in [-0.39, 0.29) is 0 Å². The number of ether oxygens (including phenoxy) is 1. The predicted octanol–water partition coefficient (Wildman–Crippen LogP) is 4.06. The molecule has 1 heterocycles. The number of hydrogen-bond donors (Lipinski definition) is 0. The van der Waals surface area contributed by atoms with E-state index in [0.717, 1.165) is 0 Å². The largest absolute Gasteiger partial charge is 0.460 e. The molecule has 2 aliphatic rings. The number of hydrogen-bond acceptors (Lipinski definition) is 3. The van der Waals surface area contributed by atoms with Gasteiger partial charge in [-0.2, -0.15) is 57.1 Å². The number of halogens is 13. The lowest BCUT2D eigenvalue weighted by Crippen LogP contribution is -2.72. The third-order valence-electron chi connectivity index (χ3n) is 4.57. The van der Waals surface area contributed by atoms with Crippen molar-refractivity contribution in [3.63, 3.8) is 0 Å². The summed E-state index contributed by atoms with van der Waals surface area (Å²) in [6.07, 6.45) is -8.94. The normalized spacial score (nSPS) is 27.4. The maximum Gasteiger partial charge on any atom is 0.460 e. The topological polar surface area (TPSA) is 43.4 Å². The van der Waals surface area contributed by atoms with E-state index in [1.165, 1.54) is 0 Å². The monoisotopic (exact) mass is 444 g/mol. The minimum atomic E-state index is -8.00. The number of carbonyl (C=O) groups is 2. The van der Waals surface area contributed by atoms with Crippen LogP contribution >= 0.6 is 0 Å². The Morgan fingerprint density at radius 1 is 0.643 bits per heavy atom. The van der Waals surface area contributed by atoms with Crippen molar-refractivity contribution in [1.82, 2.24) is 0 Å². The second-order valence-electron chi connectivity index (χ2n) is 6.13. The molecule has 1 saturated carbocycles. The first-order valence-corrected chi connectivity index (χ1v) is 6.87. The zero-order valence-corrected chi connectivity index (χ0v) is 12.6. The molecule has 2 fully saturated rings. The summed E-state index contributed by atoms with van der Waals surface area (Å²) < 4.78 is 173. The Morgan fingerprint density at radius 2 is 1.07 bits per heavy atom. The molecule has 0 radical (unpaired) electrons. The molecule has 0 N–H and O–H groups in total. The first-order valence-electron chi connectivity index (χ1n) is 6.87. The second-order valence-corrected chi connectivity index (χ2v) is 6.13. The van der Waals surface area contributed by atoms with Crippen molar-refractivity contribution in [1.29, 1.82) is 0 Å². The zero-order chi connectivity index (χ0) is 22.3. The summed E-state index contributed by atoms with van der Waals surface area (Å²) in [6.45, 7) is 0. The Hall–Kier alpha value is -1.77. The summed E-state index contributed by atoms with van der Waals surface area (Å²) in [5.41, 5.74) is 0. The predicted molar refractivity (Wildman–Crippen MR) is 57.0 cm³/mol. The lowest BCUT2D eigenvalue weighted by atomic mass is 9.61. The molecule has 2 rings (SSSR count). The Morgan fingerprint density at radius 3 is 1.46 bits per heavy atom. The Labute approximate surface area is 144 Å². The van der Waals surface area contributed by atoms with E-state index in [0.29, 0.717) is 0 Å². The van der Waals surface area contributed by atoms with Crippen molar-refractivity contribution in [2.24, 2.45) is 17.8 Å². The van der Waals surface area contributed by atoms with Crippen LogP contribution in [0.5, 0.6) is 0 Å². The smallest absolute Gasteiger partial charge is 0.393 e. The average molecular weight is 444 g/mol. The molecule has 3 unspecified atom stereocenters. The number of fused-ring (bicyclic) bond motifs is 1. The molecule has 0 aromatic rings. The van der Waals surface area contributed by atoms with E-state index in [4.69, 9.17) is 0 Å². The third kappa shape index (κ3) is 2.44. The summed E-state index contributed by atoms with van der Waals surface area (Å²) >= 11 is 0. The highest BCUT2D eigenvalue weighted by molar-refractivity contribution is 5.98. The van der Waals surface area contributed by atoms with Crippen LogP contribution in [0, 0.1) is 17.8 Å². The molecule has 1 saturated heterocycles. The fourth-order valence-corrected chi connectivity index (χ4v) is 2.85.